The Balaban J connectivity index is 3.16. The number of aliphatic hydroxyl groups excluding tert-OH is 1. The van der Waals surface area contributed by atoms with Crippen molar-refractivity contribution in [2.45, 2.75) is 6.73 Å². The molecule has 0 atom stereocenters. The first-order valence-electron chi connectivity index (χ1n) is 2.65. The van der Waals surface area contributed by atoms with Crippen LogP contribution in [0.2, 0.25) is 0 Å². The molecule has 0 saturated heterocycles. The fourth-order valence-corrected chi connectivity index (χ4v) is 0.600. The maximum Gasteiger partial charge on any atom is 0.126 e. The van der Waals surface area contributed by atoms with E-state index < -0.39 is 0 Å². The Hall–Kier alpha value is -1.09. The molecule has 48 valence electrons. The van der Waals surface area contributed by atoms with Crippen LogP contribution in [-0.4, -0.2) is 9.67 Å². The summed E-state index contributed by atoms with van der Waals surface area (Å²) in [6, 6.07) is 5.15. The molecule has 1 heterocycles. The van der Waals surface area contributed by atoms with E-state index in [0.717, 1.165) is 0 Å². The summed E-state index contributed by atoms with van der Waals surface area (Å²) in [5, 5.41) is 15.7. The van der Waals surface area contributed by atoms with Gasteiger partial charge in [0.1, 0.15) is 12.2 Å². The number of hydrogen-bond donors (Lipinski definition) is 2. The van der Waals surface area contributed by atoms with Crippen LogP contribution < -0.4 is 5.49 Å². The van der Waals surface area contributed by atoms with Crippen molar-refractivity contribution in [2.75, 3.05) is 0 Å². The highest BCUT2D eigenvalue weighted by atomic mass is 16.3. The summed E-state index contributed by atoms with van der Waals surface area (Å²) in [6.45, 7) is -0.125. The van der Waals surface area contributed by atoms with Crippen LogP contribution in [0.4, 0.5) is 0 Å². The lowest BCUT2D eigenvalue weighted by atomic mass is 10.5. The highest BCUT2D eigenvalue weighted by Crippen LogP contribution is 1.77. The van der Waals surface area contributed by atoms with Gasteiger partial charge >= 0.3 is 0 Å². The van der Waals surface area contributed by atoms with Gasteiger partial charge in [0.05, 0.1) is 0 Å². The van der Waals surface area contributed by atoms with Gasteiger partial charge in [0, 0.05) is 6.20 Å². The van der Waals surface area contributed by atoms with E-state index in [-0.39, 0.29) is 6.73 Å². The average molecular weight is 124 g/mol. The molecule has 0 spiro atoms. The zero-order valence-corrected chi connectivity index (χ0v) is 4.91. The molecule has 1 aromatic heterocycles. The molecule has 0 unspecified atom stereocenters. The van der Waals surface area contributed by atoms with E-state index in [4.69, 9.17) is 10.5 Å². The predicted octanol–water partition coefficient (Wildman–Crippen LogP) is -0.0826. The van der Waals surface area contributed by atoms with Crippen molar-refractivity contribution >= 4 is 0 Å². The second-order valence-electron chi connectivity index (χ2n) is 1.70. The second-order valence-corrected chi connectivity index (χ2v) is 1.70. The van der Waals surface area contributed by atoms with Gasteiger partial charge in [-0.15, -0.1) is 0 Å². The summed E-state index contributed by atoms with van der Waals surface area (Å²) in [5.74, 6) is 0. The van der Waals surface area contributed by atoms with E-state index in [2.05, 4.69) is 0 Å². The Morgan fingerprint density at radius 2 is 2.33 bits per heavy atom. The number of nitrogens with zero attached hydrogens (tertiary/aromatic N) is 1. The molecule has 1 rings (SSSR count). The fourth-order valence-electron chi connectivity index (χ4n) is 0.600. The van der Waals surface area contributed by atoms with Crippen LogP contribution in [0, 0.1) is 5.41 Å². The maximum atomic E-state index is 8.56. The molecule has 3 heteroatoms. The Morgan fingerprint density at radius 1 is 1.56 bits per heavy atom. The number of aliphatic hydroxyl groups is 1. The maximum absolute atomic E-state index is 8.56. The monoisotopic (exact) mass is 124 g/mol. The van der Waals surface area contributed by atoms with E-state index in [0.29, 0.717) is 5.49 Å². The van der Waals surface area contributed by atoms with Crippen molar-refractivity contribution in [1.82, 2.24) is 4.57 Å². The molecule has 0 aliphatic rings. The number of nitrogens with one attached hydrogen (secondary N) is 1. The van der Waals surface area contributed by atoms with Crippen molar-refractivity contribution < 1.29 is 5.11 Å². The van der Waals surface area contributed by atoms with Crippen LogP contribution in [0.15, 0.2) is 24.4 Å². The molecule has 0 saturated carbocycles. The molecule has 0 fully saturated rings. The first-order chi connectivity index (χ1) is 4.34. The van der Waals surface area contributed by atoms with Gasteiger partial charge in [-0.3, -0.25) is 5.41 Å². The molecule has 1 aromatic rings. The van der Waals surface area contributed by atoms with Gasteiger partial charge in [-0.25, -0.2) is 0 Å². The molecule has 0 aliphatic carbocycles. The smallest absolute Gasteiger partial charge is 0.126 e. The van der Waals surface area contributed by atoms with Crippen molar-refractivity contribution in [2.24, 2.45) is 0 Å². The van der Waals surface area contributed by atoms with Crippen molar-refractivity contribution in [3.63, 3.8) is 0 Å². The molecule has 2 N–H and O–H groups in total. The Labute approximate surface area is 52.7 Å². The van der Waals surface area contributed by atoms with Gasteiger partial charge in [-0.05, 0) is 12.1 Å². The molecule has 0 radical (unpaired) electrons. The number of aromatic nitrogens is 1. The van der Waals surface area contributed by atoms with Gasteiger partial charge in [0.25, 0.3) is 0 Å². The Kier molecular flexibility index (Phi) is 1.65. The molecular weight excluding hydrogens is 116 g/mol. The minimum Gasteiger partial charge on any atom is -0.376 e. The summed E-state index contributed by atoms with van der Waals surface area (Å²) in [7, 11) is 0. The van der Waals surface area contributed by atoms with E-state index in [1.807, 2.05) is 0 Å². The Bertz CT molecular complexity index is 241. The summed E-state index contributed by atoms with van der Waals surface area (Å²) in [6.07, 6.45) is 1.66. The molecule has 0 aromatic carbocycles. The lowest BCUT2D eigenvalue weighted by Crippen LogP contribution is -2.17. The minimum atomic E-state index is -0.125. The molecule has 0 bridgehead atoms. The van der Waals surface area contributed by atoms with Crippen LogP contribution >= 0.6 is 0 Å². The van der Waals surface area contributed by atoms with Crippen molar-refractivity contribution in [3.05, 3.63) is 29.9 Å². The summed E-state index contributed by atoms with van der Waals surface area (Å²) in [4.78, 5) is 0. The van der Waals surface area contributed by atoms with Crippen LogP contribution in [-0.2, 0) is 6.73 Å². The molecule has 3 nitrogen and oxygen atoms in total. The highest BCUT2D eigenvalue weighted by Gasteiger charge is 1.82. The largest absolute Gasteiger partial charge is 0.376 e. The van der Waals surface area contributed by atoms with E-state index in [9.17, 15) is 0 Å². The molecular formula is C6H8N2O. The van der Waals surface area contributed by atoms with Gasteiger partial charge in [0.2, 0.25) is 0 Å². The van der Waals surface area contributed by atoms with Crippen molar-refractivity contribution in [3.8, 4) is 0 Å². The van der Waals surface area contributed by atoms with Gasteiger partial charge in [0.15, 0.2) is 0 Å². The van der Waals surface area contributed by atoms with Crippen molar-refractivity contribution in [1.29, 1.82) is 5.41 Å². The number of hydrogen-bond acceptors (Lipinski definition) is 2. The normalized spacial score (nSPS) is 9.44. The van der Waals surface area contributed by atoms with Crippen LogP contribution in [0.3, 0.4) is 0 Å². The third-order valence-corrected chi connectivity index (χ3v) is 1.09. The van der Waals surface area contributed by atoms with Crippen LogP contribution in [0.1, 0.15) is 0 Å². The summed E-state index contributed by atoms with van der Waals surface area (Å²) in [5.41, 5.74) is 0.319. The standard InChI is InChI=1S/C6H8N2O/c7-6-3-1-2-4-8(6)5-9/h1-4,7,9H,5H2. The fraction of sp³-hybridized carbons (Fsp3) is 0.167. The highest BCUT2D eigenvalue weighted by molar-refractivity contribution is 4.90. The number of rotatable bonds is 1. The van der Waals surface area contributed by atoms with Gasteiger partial charge < -0.3 is 9.67 Å². The zero-order chi connectivity index (χ0) is 6.69. The lowest BCUT2D eigenvalue weighted by Gasteiger charge is -1.97. The van der Waals surface area contributed by atoms with Crippen LogP contribution in [0.5, 0.6) is 0 Å². The first-order valence-corrected chi connectivity index (χ1v) is 2.65. The summed E-state index contributed by atoms with van der Waals surface area (Å²) < 4.78 is 1.43. The molecule has 9 heavy (non-hydrogen) atoms. The van der Waals surface area contributed by atoms with Gasteiger partial charge in [-0.2, -0.15) is 0 Å². The van der Waals surface area contributed by atoms with E-state index in [1.54, 1.807) is 24.4 Å². The molecule has 0 amide bonds. The average Bonchev–Trinajstić information content (AvgIpc) is 1.89. The third kappa shape index (κ3) is 1.17. The topological polar surface area (TPSA) is 49.0 Å². The number of pyridine rings is 1. The Morgan fingerprint density at radius 3 is 2.78 bits per heavy atom. The summed E-state index contributed by atoms with van der Waals surface area (Å²) >= 11 is 0. The minimum absolute atomic E-state index is 0.125. The predicted molar refractivity (Wildman–Crippen MR) is 32.5 cm³/mol. The third-order valence-electron chi connectivity index (χ3n) is 1.09. The zero-order valence-electron chi connectivity index (χ0n) is 4.91. The SMILES string of the molecule is N=c1ccccn1CO. The quantitative estimate of drug-likeness (QED) is 0.540. The van der Waals surface area contributed by atoms with E-state index in [1.165, 1.54) is 4.57 Å². The second kappa shape index (κ2) is 2.46. The lowest BCUT2D eigenvalue weighted by molar-refractivity contribution is 0.204. The van der Waals surface area contributed by atoms with Gasteiger partial charge in [-0.1, -0.05) is 6.07 Å². The van der Waals surface area contributed by atoms with Crippen LogP contribution in [0.25, 0.3) is 0 Å². The van der Waals surface area contributed by atoms with E-state index >= 15 is 0 Å². The first kappa shape index (κ1) is 6.04. The molecule has 0 aliphatic heterocycles.